The lowest BCUT2D eigenvalue weighted by Crippen LogP contribution is -1.81. The number of nitrogens with one attached hydrogen (secondary N) is 1. The molecule has 3 nitrogen and oxygen atoms in total. The second-order valence-corrected chi connectivity index (χ2v) is 2.61. The van der Waals surface area contributed by atoms with Crippen molar-refractivity contribution in [2.24, 2.45) is 0 Å². The van der Waals surface area contributed by atoms with Crippen LogP contribution < -0.4 is 5.73 Å². The summed E-state index contributed by atoms with van der Waals surface area (Å²) in [5.74, 6) is 1.38. The number of hydrogen-bond donors (Lipinski definition) is 3. The highest BCUT2D eigenvalue weighted by atomic mass is 32.1. The van der Waals surface area contributed by atoms with Gasteiger partial charge in [0, 0.05) is 6.07 Å². The van der Waals surface area contributed by atoms with Crippen LogP contribution in [-0.4, -0.2) is 16.0 Å². The van der Waals surface area contributed by atoms with Crippen LogP contribution in [0.25, 0.3) is 6.08 Å². The highest BCUT2D eigenvalue weighted by Gasteiger charge is 1.89. The summed E-state index contributed by atoms with van der Waals surface area (Å²) >= 11 is 4.07. The van der Waals surface area contributed by atoms with Gasteiger partial charge in [-0.1, -0.05) is 6.08 Å². The van der Waals surface area contributed by atoms with Gasteiger partial charge in [-0.05, 0) is 18.2 Å². The molecule has 0 aliphatic carbocycles. The van der Waals surface area contributed by atoms with E-state index in [2.05, 4.69) is 22.8 Å². The van der Waals surface area contributed by atoms with Crippen LogP contribution in [-0.2, 0) is 0 Å². The molecular weight excluding hydrogens is 158 g/mol. The van der Waals surface area contributed by atoms with Gasteiger partial charge in [0.25, 0.3) is 0 Å². The number of anilines is 1. The van der Waals surface area contributed by atoms with E-state index in [1.807, 2.05) is 12.2 Å². The summed E-state index contributed by atoms with van der Waals surface area (Å²) in [7, 11) is 0. The molecule has 0 atom stereocenters. The van der Waals surface area contributed by atoms with E-state index in [1.165, 1.54) is 0 Å². The molecule has 0 aliphatic heterocycles. The van der Waals surface area contributed by atoms with Gasteiger partial charge in [0.15, 0.2) is 0 Å². The molecule has 0 aliphatic rings. The summed E-state index contributed by atoms with van der Waals surface area (Å²) in [5.41, 5.74) is 6.33. The topological polar surface area (TPSA) is 54.7 Å². The lowest BCUT2D eigenvalue weighted by molar-refractivity contribution is 1.08. The molecule has 0 spiro atoms. The van der Waals surface area contributed by atoms with E-state index in [0.29, 0.717) is 5.82 Å². The minimum Gasteiger partial charge on any atom is -0.382 e. The van der Waals surface area contributed by atoms with Crippen molar-refractivity contribution < 1.29 is 0 Å². The molecule has 4 heteroatoms. The average molecular weight is 169 g/mol. The van der Waals surface area contributed by atoms with E-state index in [4.69, 9.17) is 5.73 Å². The third-order valence-corrected chi connectivity index (χ3v) is 1.47. The van der Waals surface area contributed by atoms with Crippen molar-refractivity contribution in [3.63, 3.8) is 0 Å². The van der Waals surface area contributed by atoms with E-state index >= 15 is 0 Å². The molecule has 0 aromatic carbocycles. The molecule has 11 heavy (non-hydrogen) atoms. The largest absolute Gasteiger partial charge is 0.382 e. The third kappa shape index (κ3) is 2.67. The standard InChI is InChI=1S/C7H11N3S/c8-7-5-6(9-10-7)3-1-2-4-11/h1,3,5,11H,2,4H2,(H3,8,9,10). The molecule has 0 unspecified atom stereocenters. The Hall–Kier alpha value is -0.900. The summed E-state index contributed by atoms with van der Waals surface area (Å²) in [4.78, 5) is 0. The number of nitrogens with zero attached hydrogens (tertiary/aromatic N) is 1. The Balaban J connectivity index is 2.50. The highest BCUT2D eigenvalue weighted by molar-refractivity contribution is 7.80. The van der Waals surface area contributed by atoms with Crippen molar-refractivity contribution in [3.05, 3.63) is 17.8 Å². The number of H-pyrrole nitrogens is 1. The molecule has 0 saturated carbocycles. The first-order chi connectivity index (χ1) is 5.33. The van der Waals surface area contributed by atoms with Crippen LogP contribution in [0, 0.1) is 0 Å². The smallest absolute Gasteiger partial charge is 0.145 e. The lowest BCUT2D eigenvalue weighted by atomic mass is 10.3. The quantitative estimate of drug-likeness (QED) is 0.598. The molecule has 0 amide bonds. The zero-order valence-corrected chi connectivity index (χ0v) is 7.01. The van der Waals surface area contributed by atoms with Gasteiger partial charge in [-0.25, -0.2) is 0 Å². The van der Waals surface area contributed by atoms with Crippen molar-refractivity contribution in [2.75, 3.05) is 11.5 Å². The Morgan fingerprint density at radius 1 is 1.73 bits per heavy atom. The lowest BCUT2D eigenvalue weighted by Gasteiger charge is -1.82. The van der Waals surface area contributed by atoms with Crippen LogP contribution in [0.1, 0.15) is 12.1 Å². The van der Waals surface area contributed by atoms with Crippen LogP contribution in [0.4, 0.5) is 5.82 Å². The second-order valence-electron chi connectivity index (χ2n) is 2.16. The number of rotatable bonds is 3. The van der Waals surface area contributed by atoms with Gasteiger partial charge in [-0.2, -0.15) is 17.7 Å². The van der Waals surface area contributed by atoms with E-state index in [-0.39, 0.29) is 0 Å². The Bertz CT molecular complexity index is 242. The molecule has 3 N–H and O–H groups in total. The maximum absolute atomic E-state index is 5.39. The Morgan fingerprint density at radius 2 is 2.55 bits per heavy atom. The molecule has 0 saturated heterocycles. The maximum atomic E-state index is 5.39. The number of allylic oxidation sites excluding steroid dienone is 1. The van der Waals surface area contributed by atoms with Crippen LogP contribution >= 0.6 is 12.6 Å². The molecule has 1 aromatic heterocycles. The van der Waals surface area contributed by atoms with Gasteiger partial charge < -0.3 is 5.73 Å². The second kappa shape index (κ2) is 4.08. The molecular formula is C7H11N3S. The van der Waals surface area contributed by atoms with E-state index < -0.39 is 0 Å². The number of nitrogen functional groups attached to an aromatic ring is 1. The van der Waals surface area contributed by atoms with Gasteiger partial charge in [-0.3, -0.25) is 5.10 Å². The van der Waals surface area contributed by atoms with Crippen molar-refractivity contribution in [1.82, 2.24) is 10.2 Å². The van der Waals surface area contributed by atoms with E-state index in [1.54, 1.807) is 6.07 Å². The third-order valence-electron chi connectivity index (χ3n) is 1.21. The van der Waals surface area contributed by atoms with Gasteiger partial charge in [-0.15, -0.1) is 0 Å². The number of hydrogen-bond acceptors (Lipinski definition) is 3. The number of aromatic nitrogens is 2. The van der Waals surface area contributed by atoms with Gasteiger partial charge >= 0.3 is 0 Å². The number of aromatic amines is 1. The zero-order valence-electron chi connectivity index (χ0n) is 6.12. The average Bonchev–Trinajstić information content (AvgIpc) is 2.37. The first-order valence-corrected chi connectivity index (χ1v) is 4.04. The summed E-state index contributed by atoms with van der Waals surface area (Å²) in [5, 5.41) is 6.56. The Morgan fingerprint density at radius 3 is 3.09 bits per heavy atom. The molecule has 0 radical (unpaired) electrons. The predicted octanol–water partition coefficient (Wildman–Crippen LogP) is 1.32. The van der Waals surface area contributed by atoms with E-state index in [0.717, 1.165) is 17.9 Å². The number of thiol groups is 1. The predicted molar refractivity (Wildman–Crippen MR) is 50.5 cm³/mol. The fourth-order valence-electron chi connectivity index (χ4n) is 0.723. The minimum absolute atomic E-state index is 0.524. The first kappa shape index (κ1) is 8.20. The fourth-order valence-corrected chi connectivity index (χ4v) is 0.872. The summed E-state index contributed by atoms with van der Waals surface area (Å²) in [6.45, 7) is 0. The van der Waals surface area contributed by atoms with Crippen LogP contribution in [0.2, 0.25) is 0 Å². The fraction of sp³-hybridized carbons (Fsp3) is 0.286. The van der Waals surface area contributed by atoms with Gasteiger partial charge in [0.2, 0.25) is 0 Å². The maximum Gasteiger partial charge on any atom is 0.145 e. The molecule has 60 valence electrons. The molecule has 0 bridgehead atoms. The molecule has 1 heterocycles. The molecule has 0 fully saturated rings. The molecule has 1 rings (SSSR count). The highest BCUT2D eigenvalue weighted by Crippen LogP contribution is 2.02. The number of nitrogens with two attached hydrogens (primary N) is 1. The summed E-state index contributed by atoms with van der Waals surface area (Å²) in [6, 6.07) is 1.79. The Kier molecular flexibility index (Phi) is 3.04. The van der Waals surface area contributed by atoms with Crippen LogP contribution in [0.5, 0.6) is 0 Å². The van der Waals surface area contributed by atoms with Crippen molar-refractivity contribution in [1.29, 1.82) is 0 Å². The van der Waals surface area contributed by atoms with Crippen LogP contribution in [0.15, 0.2) is 12.1 Å². The van der Waals surface area contributed by atoms with Gasteiger partial charge in [0.1, 0.15) is 5.82 Å². The summed E-state index contributed by atoms with van der Waals surface area (Å²) < 4.78 is 0. The minimum atomic E-state index is 0.524. The first-order valence-electron chi connectivity index (χ1n) is 3.41. The van der Waals surface area contributed by atoms with E-state index in [9.17, 15) is 0 Å². The molecule has 1 aromatic rings. The summed E-state index contributed by atoms with van der Waals surface area (Å²) in [6.07, 6.45) is 4.93. The van der Waals surface area contributed by atoms with Crippen molar-refractivity contribution >= 4 is 24.5 Å². The normalized spacial score (nSPS) is 11.0. The van der Waals surface area contributed by atoms with Gasteiger partial charge in [0.05, 0.1) is 5.69 Å². The SMILES string of the molecule is Nc1cc(C=CCCS)[nH]n1. The zero-order chi connectivity index (χ0) is 8.10. The van der Waals surface area contributed by atoms with Crippen LogP contribution in [0.3, 0.4) is 0 Å². The Labute approximate surface area is 71.1 Å². The van der Waals surface area contributed by atoms with Crippen molar-refractivity contribution in [3.8, 4) is 0 Å². The van der Waals surface area contributed by atoms with Crippen molar-refractivity contribution in [2.45, 2.75) is 6.42 Å². The monoisotopic (exact) mass is 169 g/mol.